The molecule has 0 bridgehead atoms. The summed E-state index contributed by atoms with van der Waals surface area (Å²) in [5, 5.41) is 8.86. The first-order valence-corrected chi connectivity index (χ1v) is 5.28. The third-order valence-corrected chi connectivity index (χ3v) is 2.69. The summed E-state index contributed by atoms with van der Waals surface area (Å²) in [4.78, 5) is 20.3. The highest BCUT2D eigenvalue weighted by Gasteiger charge is 2.20. The third kappa shape index (κ3) is 2.60. The Hall–Kier alpha value is -1.37. The number of likely N-dealkylation sites (N-methyl/N-ethyl adjacent to an activating group) is 1. The zero-order chi connectivity index (χ0) is 12.3. The lowest BCUT2D eigenvalue weighted by molar-refractivity contribution is -0.138. The molecule has 1 rings (SSSR count). The van der Waals surface area contributed by atoms with E-state index in [0.717, 1.165) is 0 Å². The summed E-state index contributed by atoms with van der Waals surface area (Å²) >= 11 is 3.22. The van der Waals surface area contributed by atoms with E-state index in [1.807, 2.05) is 0 Å². The zero-order valence-electron chi connectivity index (χ0n) is 9.14. The molecule has 0 amide bonds. The molecule has 1 N–H and O–H groups in total. The van der Waals surface area contributed by atoms with Crippen LogP contribution in [0.3, 0.4) is 0 Å². The van der Waals surface area contributed by atoms with Crippen LogP contribution in [0.25, 0.3) is 0 Å². The Morgan fingerprint density at radius 2 is 2.31 bits per heavy atom. The van der Waals surface area contributed by atoms with E-state index < -0.39 is 12.0 Å². The maximum absolute atomic E-state index is 10.8. The highest BCUT2D eigenvalue weighted by molar-refractivity contribution is 9.10. The van der Waals surface area contributed by atoms with Gasteiger partial charge in [-0.1, -0.05) is 0 Å². The van der Waals surface area contributed by atoms with Crippen LogP contribution < -0.4 is 9.64 Å². The molecule has 7 heteroatoms. The van der Waals surface area contributed by atoms with Crippen molar-refractivity contribution in [3.05, 3.63) is 10.7 Å². The van der Waals surface area contributed by atoms with Gasteiger partial charge in [-0.3, -0.25) is 0 Å². The van der Waals surface area contributed by atoms with Crippen molar-refractivity contribution in [1.29, 1.82) is 0 Å². The van der Waals surface area contributed by atoms with Crippen molar-refractivity contribution in [3.8, 4) is 5.88 Å². The maximum atomic E-state index is 10.8. The fraction of sp³-hybridized carbons (Fsp3) is 0.444. The van der Waals surface area contributed by atoms with Crippen LogP contribution in [0.5, 0.6) is 5.88 Å². The van der Waals surface area contributed by atoms with Crippen LogP contribution in [-0.4, -0.2) is 41.2 Å². The summed E-state index contributed by atoms with van der Waals surface area (Å²) in [6.45, 7) is 1.56. The molecular formula is C9H12BrN3O3. The van der Waals surface area contributed by atoms with E-state index >= 15 is 0 Å². The first kappa shape index (κ1) is 12.7. The SMILES string of the molecule is COc1nc(N(C)C(C)C(=O)O)ncc1Br. The van der Waals surface area contributed by atoms with Crippen molar-refractivity contribution >= 4 is 27.8 Å². The Labute approximate surface area is 101 Å². The topological polar surface area (TPSA) is 75.5 Å². The fourth-order valence-electron chi connectivity index (χ4n) is 0.995. The molecule has 0 radical (unpaired) electrons. The number of rotatable bonds is 4. The largest absolute Gasteiger partial charge is 0.480 e. The van der Waals surface area contributed by atoms with Crippen molar-refractivity contribution in [3.63, 3.8) is 0 Å². The van der Waals surface area contributed by atoms with Crippen LogP contribution in [0.1, 0.15) is 6.92 Å². The number of carbonyl (C=O) groups is 1. The van der Waals surface area contributed by atoms with Gasteiger partial charge in [0.25, 0.3) is 0 Å². The molecule has 0 aliphatic heterocycles. The van der Waals surface area contributed by atoms with Gasteiger partial charge in [0.2, 0.25) is 11.8 Å². The van der Waals surface area contributed by atoms with Crippen molar-refractivity contribution < 1.29 is 14.6 Å². The summed E-state index contributed by atoms with van der Waals surface area (Å²) in [5.41, 5.74) is 0. The van der Waals surface area contributed by atoms with Gasteiger partial charge >= 0.3 is 5.97 Å². The highest BCUT2D eigenvalue weighted by atomic mass is 79.9. The molecule has 1 atom stereocenters. The molecule has 1 aromatic heterocycles. The number of hydrogen-bond acceptors (Lipinski definition) is 5. The molecule has 0 spiro atoms. The van der Waals surface area contributed by atoms with Gasteiger partial charge in [0.15, 0.2) is 0 Å². The predicted octanol–water partition coefficient (Wildman–Crippen LogP) is 1.16. The summed E-state index contributed by atoms with van der Waals surface area (Å²) in [6, 6.07) is -0.703. The molecule has 1 unspecified atom stereocenters. The molecule has 16 heavy (non-hydrogen) atoms. The van der Waals surface area contributed by atoms with Gasteiger partial charge < -0.3 is 14.7 Å². The fourth-order valence-corrected chi connectivity index (χ4v) is 1.35. The molecule has 0 aliphatic rings. The Bertz CT molecular complexity index is 400. The maximum Gasteiger partial charge on any atom is 0.326 e. The van der Waals surface area contributed by atoms with Gasteiger partial charge in [0.05, 0.1) is 17.8 Å². The summed E-state index contributed by atoms with van der Waals surface area (Å²) in [5.74, 6) is -0.266. The van der Waals surface area contributed by atoms with Crippen molar-refractivity contribution in [2.45, 2.75) is 13.0 Å². The number of aromatic nitrogens is 2. The second-order valence-electron chi connectivity index (χ2n) is 3.15. The zero-order valence-corrected chi connectivity index (χ0v) is 10.7. The number of methoxy groups -OCH3 is 1. The lowest BCUT2D eigenvalue weighted by Gasteiger charge is -2.21. The average molecular weight is 290 g/mol. The molecule has 0 aliphatic carbocycles. The number of anilines is 1. The van der Waals surface area contributed by atoms with Crippen molar-refractivity contribution in [1.82, 2.24) is 9.97 Å². The summed E-state index contributed by atoms with van der Waals surface area (Å²) in [6.07, 6.45) is 1.52. The van der Waals surface area contributed by atoms with Crippen LogP contribution >= 0.6 is 15.9 Å². The van der Waals surface area contributed by atoms with Crippen LogP contribution in [0.4, 0.5) is 5.95 Å². The third-order valence-electron chi connectivity index (χ3n) is 2.15. The minimum absolute atomic E-state index is 0.301. The molecule has 0 fully saturated rings. The Balaban J connectivity index is 3.00. The smallest absolute Gasteiger partial charge is 0.326 e. The standard InChI is InChI=1S/C9H12BrN3O3/c1-5(8(14)15)13(2)9-11-4-6(10)7(12-9)16-3/h4-5H,1-3H3,(H,14,15). The second kappa shape index (κ2) is 5.11. The van der Waals surface area contributed by atoms with E-state index in [2.05, 4.69) is 25.9 Å². The van der Waals surface area contributed by atoms with Crippen LogP contribution in [0, 0.1) is 0 Å². The van der Waals surface area contributed by atoms with E-state index in [1.54, 1.807) is 14.0 Å². The van der Waals surface area contributed by atoms with Crippen molar-refractivity contribution in [2.24, 2.45) is 0 Å². The normalized spacial score (nSPS) is 12.0. The van der Waals surface area contributed by atoms with Gasteiger partial charge in [-0.05, 0) is 22.9 Å². The summed E-state index contributed by atoms with van der Waals surface area (Å²) in [7, 11) is 3.10. The van der Waals surface area contributed by atoms with E-state index in [0.29, 0.717) is 16.3 Å². The molecule has 0 saturated carbocycles. The number of ether oxygens (including phenoxy) is 1. The van der Waals surface area contributed by atoms with E-state index in [9.17, 15) is 4.79 Å². The quantitative estimate of drug-likeness (QED) is 0.896. The van der Waals surface area contributed by atoms with E-state index in [1.165, 1.54) is 18.2 Å². The monoisotopic (exact) mass is 289 g/mol. The van der Waals surface area contributed by atoms with Gasteiger partial charge in [-0.2, -0.15) is 4.98 Å². The highest BCUT2D eigenvalue weighted by Crippen LogP contribution is 2.23. The number of hydrogen-bond donors (Lipinski definition) is 1. The van der Waals surface area contributed by atoms with E-state index in [4.69, 9.17) is 9.84 Å². The van der Waals surface area contributed by atoms with E-state index in [-0.39, 0.29) is 0 Å². The Morgan fingerprint density at radius 1 is 1.69 bits per heavy atom. The van der Waals surface area contributed by atoms with Gasteiger partial charge in [-0.25, -0.2) is 9.78 Å². The first-order valence-electron chi connectivity index (χ1n) is 4.49. The van der Waals surface area contributed by atoms with Crippen molar-refractivity contribution in [2.75, 3.05) is 19.1 Å². The molecular weight excluding hydrogens is 278 g/mol. The predicted molar refractivity (Wildman–Crippen MR) is 61.8 cm³/mol. The van der Waals surface area contributed by atoms with Crippen LogP contribution in [0.15, 0.2) is 10.7 Å². The lowest BCUT2D eigenvalue weighted by atomic mass is 10.3. The average Bonchev–Trinajstić information content (AvgIpc) is 2.27. The van der Waals surface area contributed by atoms with Crippen LogP contribution in [0.2, 0.25) is 0 Å². The lowest BCUT2D eigenvalue weighted by Crippen LogP contribution is -2.36. The molecule has 1 heterocycles. The first-order chi connectivity index (χ1) is 7.47. The number of carboxylic acids is 1. The minimum Gasteiger partial charge on any atom is -0.480 e. The molecule has 6 nitrogen and oxygen atoms in total. The second-order valence-corrected chi connectivity index (χ2v) is 4.01. The Morgan fingerprint density at radius 3 is 2.81 bits per heavy atom. The number of carboxylic acid groups (broad SMARTS) is 1. The molecule has 0 aromatic carbocycles. The number of nitrogens with zero attached hydrogens (tertiary/aromatic N) is 3. The van der Waals surface area contributed by atoms with Gasteiger partial charge in [-0.15, -0.1) is 0 Å². The van der Waals surface area contributed by atoms with Gasteiger partial charge in [0.1, 0.15) is 6.04 Å². The molecule has 88 valence electrons. The number of aliphatic carboxylic acids is 1. The molecule has 0 saturated heterocycles. The molecule has 1 aromatic rings. The Kier molecular flexibility index (Phi) is 4.05. The summed E-state index contributed by atoms with van der Waals surface area (Å²) < 4.78 is 5.62. The number of halogens is 1. The van der Waals surface area contributed by atoms with Gasteiger partial charge in [0, 0.05) is 7.05 Å². The minimum atomic E-state index is -0.937. The van der Waals surface area contributed by atoms with Crippen LogP contribution in [-0.2, 0) is 4.79 Å².